The Hall–Kier alpha value is -2.34. The van der Waals surface area contributed by atoms with Crippen LogP contribution < -0.4 is 5.32 Å². The highest BCUT2D eigenvalue weighted by Crippen LogP contribution is 2.22. The molecule has 0 bridgehead atoms. The number of amides is 1. The smallest absolute Gasteiger partial charge is 0.342 e. The van der Waals surface area contributed by atoms with Crippen molar-refractivity contribution >= 4 is 29.2 Å². The first-order chi connectivity index (χ1) is 10.0. The Kier molecular flexibility index (Phi) is 4.59. The van der Waals surface area contributed by atoms with E-state index in [1.807, 2.05) is 0 Å². The van der Waals surface area contributed by atoms with Crippen LogP contribution in [0.3, 0.4) is 0 Å². The van der Waals surface area contributed by atoms with Crippen LogP contribution in [0.5, 0.6) is 0 Å². The first kappa shape index (κ1) is 15.1. The Morgan fingerprint density at radius 3 is 2.90 bits per heavy atom. The lowest BCUT2D eigenvalue weighted by Crippen LogP contribution is -2.16. The highest BCUT2D eigenvalue weighted by atomic mass is 35.5. The molecule has 2 aromatic rings. The predicted molar refractivity (Wildman–Crippen MR) is 78.7 cm³/mol. The summed E-state index contributed by atoms with van der Waals surface area (Å²) >= 11 is 5.87. The summed E-state index contributed by atoms with van der Waals surface area (Å²) in [6.07, 6.45) is 3.02. The lowest BCUT2D eigenvalue weighted by atomic mass is 10.2. The second kappa shape index (κ2) is 6.41. The third kappa shape index (κ3) is 3.22. The van der Waals surface area contributed by atoms with E-state index in [2.05, 4.69) is 15.3 Å². The molecule has 0 unspecified atom stereocenters. The van der Waals surface area contributed by atoms with Crippen molar-refractivity contribution in [2.24, 2.45) is 0 Å². The lowest BCUT2D eigenvalue weighted by molar-refractivity contribution is 0.0527. The number of anilines is 1. The normalized spacial score (nSPS) is 10.2. The molecule has 0 fully saturated rings. The second-order valence-electron chi connectivity index (χ2n) is 4.22. The van der Waals surface area contributed by atoms with Gasteiger partial charge in [-0.05, 0) is 26.0 Å². The Balaban J connectivity index is 2.27. The summed E-state index contributed by atoms with van der Waals surface area (Å²) in [5, 5.41) is 2.73. The van der Waals surface area contributed by atoms with E-state index < -0.39 is 11.9 Å². The highest BCUT2D eigenvalue weighted by Gasteiger charge is 2.20. The number of pyridine rings is 1. The summed E-state index contributed by atoms with van der Waals surface area (Å²) in [5.74, 6) is -0.943. The predicted octanol–water partition coefficient (Wildman–Crippen LogP) is 2.80. The maximum atomic E-state index is 12.2. The quantitative estimate of drug-likeness (QED) is 0.672. The Morgan fingerprint density at radius 1 is 1.48 bits per heavy atom. The van der Waals surface area contributed by atoms with Crippen molar-refractivity contribution in [1.29, 1.82) is 0 Å². The first-order valence-corrected chi connectivity index (χ1v) is 6.69. The number of esters is 1. The largest absolute Gasteiger partial charge is 0.462 e. The molecule has 0 saturated carbocycles. The van der Waals surface area contributed by atoms with Gasteiger partial charge in [-0.1, -0.05) is 11.6 Å². The number of ether oxygens (including phenoxy) is 1. The van der Waals surface area contributed by atoms with Crippen LogP contribution in [-0.2, 0) is 4.74 Å². The number of nitrogens with zero attached hydrogens (tertiary/aromatic N) is 1. The third-order valence-corrected chi connectivity index (χ3v) is 3.11. The molecule has 2 N–H and O–H groups in total. The number of hydrogen-bond donors (Lipinski definition) is 2. The number of hydrogen-bond acceptors (Lipinski definition) is 4. The molecule has 2 heterocycles. The van der Waals surface area contributed by atoms with E-state index in [9.17, 15) is 9.59 Å². The van der Waals surface area contributed by atoms with E-state index in [1.54, 1.807) is 26.0 Å². The van der Waals surface area contributed by atoms with Gasteiger partial charge in [-0.3, -0.25) is 4.79 Å². The fourth-order valence-corrected chi connectivity index (χ4v) is 2.04. The van der Waals surface area contributed by atoms with Crippen molar-refractivity contribution < 1.29 is 14.3 Å². The summed E-state index contributed by atoms with van der Waals surface area (Å²) in [4.78, 5) is 30.8. The van der Waals surface area contributed by atoms with Gasteiger partial charge in [-0.15, -0.1) is 0 Å². The molecular weight excluding hydrogens is 294 g/mol. The number of rotatable bonds is 4. The molecule has 2 rings (SSSR count). The van der Waals surface area contributed by atoms with Crippen molar-refractivity contribution in [3.8, 4) is 0 Å². The van der Waals surface area contributed by atoms with Crippen LogP contribution >= 0.6 is 11.6 Å². The molecule has 110 valence electrons. The van der Waals surface area contributed by atoms with E-state index in [4.69, 9.17) is 16.3 Å². The summed E-state index contributed by atoms with van der Waals surface area (Å²) in [6.45, 7) is 3.69. The molecule has 0 aliphatic carbocycles. The fraction of sp³-hybridized carbons (Fsp3) is 0.214. The SMILES string of the molecule is CCOC(=O)c1c(NC(=O)c2cccnc2Cl)c[nH]c1C. The number of aryl methyl sites for hydroxylation is 1. The molecular formula is C14H14ClN3O3. The zero-order chi connectivity index (χ0) is 15.4. The molecule has 1 amide bonds. The third-order valence-electron chi connectivity index (χ3n) is 2.81. The van der Waals surface area contributed by atoms with Crippen LogP contribution in [0.1, 0.15) is 33.3 Å². The molecule has 6 nitrogen and oxygen atoms in total. The highest BCUT2D eigenvalue weighted by molar-refractivity contribution is 6.33. The molecule has 0 saturated heterocycles. The number of carbonyl (C=O) groups is 2. The van der Waals surface area contributed by atoms with Crippen LogP contribution in [-0.4, -0.2) is 28.5 Å². The van der Waals surface area contributed by atoms with Crippen LogP contribution in [0.15, 0.2) is 24.5 Å². The van der Waals surface area contributed by atoms with E-state index in [0.717, 1.165) is 0 Å². The standard InChI is InChI=1S/C14H14ClN3O3/c1-3-21-14(20)11-8(2)17-7-10(11)18-13(19)9-5-4-6-16-12(9)15/h4-7,17H,3H2,1-2H3,(H,18,19). The van der Waals surface area contributed by atoms with Gasteiger partial charge in [-0.25, -0.2) is 9.78 Å². The first-order valence-electron chi connectivity index (χ1n) is 6.31. The van der Waals surface area contributed by atoms with Crippen molar-refractivity contribution in [2.45, 2.75) is 13.8 Å². The number of aromatic nitrogens is 2. The van der Waals surface area contributed by atoms with Crippen LogP contribution in [0.4, 0.5) is 5.69 Å². The molecule has 0 spiro atoms. The molecule has 0 aliphatic heterocycles. The zero-order valence-corrected chi connectivity index (χ0v) is 12.3. The minimum atomic E-state index is -0.496. The minimum Gasteiger partial charge on any atom is -0.462 e. The van der Waals surface area contributed by atoms with E-state index >= 15 is 0 Å². The van der Waals surface area contributed by atoms with E-state index in [0.29, 0.717) is 16.9 Å². The summed E-state index contributed by atoms with van der Waals surface area (Å²) in [7, 11) is 0. The van der Waals surface area contributed by atoms with E-state index in [-0.39, 0.29) is 17.3 Å². The summed E-state index contributed by atoms with van der Waals surface area (Å²) in [5.41, 5.74) is 1.48. The van der Waals surface area contributed by atoms with Crippen molar-refractivity contribution in [1.82, 2.24) is 9.97 Å². The Morgan fingerprint density at radius 2 is 2.24 bits per heavy atom. The van der Waals surface area contributed by atoms with Gasteiger partial charge < -0.3 is 15.0 Å². The van der Waals surface area contributed by atoms with Gasteiger partial charge >= 0.3 is 5.97 Å². The Labute approximate surface area is 126 Å². The van der Waals surface area contributed by atoms with Gasteiger partial charge in [-0.2, -0.15) is 0 Å². The molecule has 0 atom stereocenters. The number of H-pyrrole nitrogens is 1. The van der Waals surface area contributed by atoms with Gasteiger partial charge in [0.05, 0.1) is 17.9 Å². The molecule has 0 aromatic carbocycles. The van der Waals surface area contributed by atoms with Crippen LogP contribution in [0.2, 0.25) is 5.15 Å². The number of halogens is 1. The van der Waals surface area contributed by atoms with Crippen molar-refractivity contribution in [3.05, 3.63) is 46.5 Å². The average Bonchev–Trinajstić information content (AvgIpc) is 2.80. The molecule has 0 radical (unpaired) electrons. The molecule has 21 heavy (non-hydrogen) atoms. The van der Waals surface area contributed by atoms with Gasteiger partial charge in [0.15, 0.2) is 0 Å². The number of nitrogens with one attached hydrogen (secondary N) is 2. The Bertz CT molecular complexity index is 682. The summed E-state index contributed by atoms with van der Waals surface area (Å²) in [6, 6.07) is 3.16. The van der Waals surface area contributed by atoms with Crippen molar-refractivity contribution in [2.75, 3.05) is 11.9 Å². The molecule has 7 heteroatoms. The van der Waals surface area contributed by atoms with Crippen molar-refractivity contribution in [3.63, 3.8) is 0 Å². The van der Waals surface area contributed by atoms with Gasteiger partial charge in [0, 0.05) is 18.1 Å². The van der Waals surface area contributed by atoms with E-state index in [1.165, 1.54) is 12.4 Å². The molecule has 0 aliphatic rings. The monoisotopic (exact) mass is 307 g/mol. The second-order valence-corrected chi connectivity index (χ2v) is 4.58. The van der Waals surface area contributed by atoms with Crippen LogP contribution in [0.25, 0.3) is 0 Å². The van der Waals surface area contributed by atoms with Gasteiger partial charge in [0.25, 0.3) is 5.91 Å². The fourth-order valence-electron chi connectivity index (χ4n) is 1.84. The maximum absolute atomic E-state index is 12.2. The van der Waals surface area contributed by atoms with Gasteiger partial charge in [0.1, 0.15) is 10.7 Å². The lowest BCUT2D eigenvalue weighted by Gasteiger charge is -2.07. The minimum absolute atomic E-state index is 0.0972. The zero-order valence-electron chi connectivity index (χ0n) is 11.6. The topological polar surface area (TPSA) is 84.1 Å². The number of aromatic amines is 1. The molecule has 2 aromatic heterocycles. The van der Waals surface area contributed by atoms with Crippen LogP contribution in [0, 0.1) is 6.92 Å². The van der Waals surface area contributed by atoms with Gasteiger partial charge in [0.2, 0.25) is 0 Å². The maximum Gasteiger partial charge on any atom is 0.342 e. The number of carbonyl (C=O) groups excluding carboxylic acids is 2. The average molecular weight is 308 g/mol. The summed E-state index contributed by atoms with van der Waals surface area (Å²) < 4.78 is 4.97.